The van der Waals surface area contributed by atoms with E-state index < -0.39 is 0 Å². The molecule has 0 saturated carbocycles. The van der Waals surface area contributed by atoms with Gasteiger partial charge in [-0.3, -0.25) is 9.78 Å². The molecule has 5 heteroatoms. The monoisotopic (exact) mass is 302 g/mol. The summed E-state index contributed by atoms with van der Waals surface area (Å²) in [5.41, 5.74) is 1.93. The summed E-state index contributed by atoms with van der Waals surface area (Å²) in [4.78, 5) is 16.0. The molecule has 0 aliphatic heterocycles. The Kier molecular flexibility index (Phi) is 5.61. The van der Waals surface area contributed by atoms with Gasteiger partial charge in [-0.15, -0.1) is 0 Å². The average Bonchev–Trinajstić information content (AvgIpc) is 2.53. The molecule has 116 valence electrons. The summed E-state index contributed by atoms with van der Waals surface area (Å²) in [5.74, 6) is -0.586. The van der Waals surface area contributed by atoms with Crippen molar-refractivity contribution in [2.24, 2.45) is 0 Å². The number of benzene rings is 1. The first kappa shape index (κ1) is 16.1. The number of amides is 1. The normalized spacial score (nSPS) is 12.0. The first-order valence-electron chi connectivity index (χ1n) is 7.21. The zero-order valence-corrected chi connectivity index (χ0v) is 12.7. The van der Waals surface area contributed by atoms with E-state index in [-0.39, 0.29) is 24.4 Å². The standard InChI is InChI=1S/C17H19FN2O2/c1-3-12(2)22-11-17(21)20-16-10-19-8-7-15(16)13-5-4-6-14(18)9-13/h4-10,12H,3,11H2,1-2H3,(H,20,21)/t12-/m0/s1. The molecule has 1 heterocycles. The third-order valence-corrected chi connectivity index (χ3v) is 3.30. The van der Waals surface area contributed by atoms with Crippen molar-refractivity contribution in [3.63, 3.8) is 0 Å². The van der Waals surface area contributed by atoms with Gasteiger partial charge in [-0.25, -0.2) is 4.39 Å². The summed E-state index contributed by atoms with van der Waals surface area (Å²) in [7, 11) is 0. The lowest BCUT2D eigenvalue weighted by molar-refractivity contribution is -0.122. The molecular formula is C17H19FN2O2. The van der Waals surface area contributed by atoms with Gasteiger partial charge in [-0.1, -0.05) is 19.1 Å². The molecule has 2 rings (SSSR count). The van der Waals surface area contributed by atoms with E-state index >= 15 is 0 Å². The Labute approximate surface area is 129 Å². The molecule has 0 unspecified atom stereocenters. The van der Waals surface area contributed by atoms with Gasteiger partial charge in [-0.05, 0) is 37.1 Å². The second-order valence-electron chi connectivity index (χ2n) is 5.01. The molecular weight excluding hydrogens is 283 g/mol. The zero-order chi connectivity index (χ0) is 15.9. The van der Waals surface area contributed by atoms with Crippen LogP contribution in [0.5, 0.6) is 0 Å². The van der Waals surface area contributed by atoms with Gasteiger partial charge >= 0.3 is 0 Å². The molecule has 0 aliphatic carbocycles. The molecule has 0 fully saturated rings. The Balaban J connectivity index is 2.13. The van der Waals surface area contributed by atoms with Crippen LogP contribution in [0.3, 0.4) is 0 Å². The lowest BCUT2D eigenvalue weighted by Crippen LogP contribution is -2.22. The van der Waals surface area contributed by atoms with E-state index in [9.17, 15) is 9.18 Å². The predicted octanol–water partition coefficient (Wildman–Crippen LogP) is 3.64. The van der Waals surface area contributed by atoms with Crippen molar-refractivity contribution >= 4 is 11.6 Å². The minimum Gasteiger partial charge on any atom is -0.369 e. The molecule has 1 amide bonds. The van der Waals surface area contributed by atoms with E-state index in [0.717, 1.165) is 6.42 Å². The summed E-state index contributed by atoms with van der Waals surface area (Å²) in [6.07, 6.45) is 4.02. The molecule has 0 bridgehead atoms. The fourth-order valence-electron chi connectivity index (χ4n) is 1.92. The molecule has 4 nitrogen and oxygen atoms in total. The number of anilines is 1. The fraction of sp³-hybridized carbons (Fsp3) is 0.294. The quantitative estimate of drug-likeness (QED) is 0.886. The van der Waals surface area contributed by atoms with Crippen LogP contribution in [-0.2, 0) is 9.53 Å². The van der Waals surface area contributed by atoms with Gasteiger partial charge in [0.2, 0.25) is 5.91 Å². The highest BCUT2D eigenvalue weighted by molar-refractivity contribution is 5.95. The number of halogens is 1. The molecule has 1 aromatic carbocycles. The molecule has 22 heavy (non-hydrogen) atoms. The number of carbonyl (C=O) groups is 1. The number of ether oxygens (including phenoxy) is 1. The summed E-state index contributed by atoms with van der Waals surface area (Å²) in [6, 6.07) is 7.94. The molecule has 2 aromatic rings. The largest absolute Gasteiger partial charge is 0.369 e. The Hall–Kier alpha value is -2.27. The van der Waals surface area contributed by atoms with Gasteiger partial charge in [0, 0.05) is 11.8 Å². The Morgan fingerprint density at radius 2 is 2.23 bits per heavy atom. The Morgan fingerprint density at radius 3 is 2.95 bits per heavy atom. The molecule has 1 atom stereocenters. The van der Waals surface area contributed by atoms with Crippen molar-refractivity contribution in [1.82, 2.24) is 4.98 Å². The molecule has 0 aliphatic rings. The predicted molar refractivity (Wildman–Crippen MR) is 84.0 cm³/mol. The number of pyridine rings is 1. The van der Waals surface area contributed by atoms with Crippen molar-refractivity contribution < 1.29 is 13.9 Å². The first-order chi connectivity index (χ1) is 10.6. The van der Waals surface area contributed by atoms with Crippen LogP contribution in [0.1, 0.15) is 20.3 Å². The second-order valence-corrected chi connectivity index (χ2v) is 5.01. The number of nitrogens with zero attached hydrogens (tertiary/aromatic N) is 1. The van der Waals surface area contributed by atoms with Crippen LogP contribution in [0, 0.1) is 5.82 Å². The first-order valence-corrected chi connectivity index (χ1v) is 7.21. The van der Waals surface area contributed by atoms with Crippen LogP contribution < -0.4 is 5.32 Å². The van der Waals surface area contributed by atoms with Crippen molar-refractivity contribution in [2.45, 2.75) is 26.4 Å². The summed E-state index contributed by atoms with van der Waals surface area (Å²) >= 11 is 0. The van der Waals surface area contributed by atoms with E-state index in [0.29, 0.717) is 16.8 Å². The maximum absolute atomic E-state index is 13.4. The van der Waals surface area contributed by atoms with E-state index in [1.807, 2.05) is 13.8 Å². The average molecular weight is 302 g/mol. The van der Waals surface area contributed by atoms with Crippen LogP contribution in [0.2, 0.25) is 0 Å². The Bertz CT molecular complexity index is 646. The minimum absolute atomic E-state index is 0.0213. The zero-order valence-electron chi connectivity index (χ0n) is 12.7. The highest BCUT2D eigenvalue weighted by Gasteiger charge is 2.10. The number of carbonyl (C=O) groups excluding carboxylic acids is 1. The van der Waals surface area contributed by atoms with Gasteiger partial charge in [0.15, 0.2) is 0 Å². The van der Waals surface area contributed by atoms with E-state index in [2.05, 4.69) is 10.3 Å². The van der Waals surface area contributed by atoms with Gasteiger partial charge in [0.05, 0.1) is 18.0 Å². The van der Waals surface area contributed by atoms with Gasteiger partial charge < -0.3 is 10.1 Å². The highest BCUT2D eigenvalue weighted by Crippen LogP contribution is 2.27. The third kappa shape index (κ3) is 4.36. The van der Waals surface area contributed by atoms with Crippen LogP contribution >= 0.6 is 0 Å². The van der Waals surface area contributed by atoms with Gasteiger partial charge in [-0.2, -0.15) is 0 Å². The molecule has 0 radical (unpaired) electrons. The van der Waals surface area contributed by atoms with E-state index in [1.54, 1.807) is 30.6 Å². The van der Waals surface area contributed by atoms with Crippen LogP contribution in [-0.4, -0.2) is 23.6 Å². The summed E-state index contributed by atoms with van der Waals surface area (Å²) in [6.45, 7) is 3.88. The fourth-order valence-corrected chi connectivity index (χ4v) is 1.92. The van der Waals surface area contributed by atoms with Crippen molar-refractivity contribution in [2.75, 3.05) is 11.9 Å². The number of aromatic nitrogens is 1. The summed E-state index contributed by atoms with van der Waals surface area (Å²) in [5, 5.41) is 2.76. The maximum Gasteiger partial charge on any atom is 0.250 e. The minimum atomic E-state index is -0.327. The number of hydrogen-bond donors (Lipinski definition) is 1. The maximum atomic E-state index is 13.4. The molecule has 0 saturated heterocycles. The Morgan fingerprint density at radius 1 is 1.41 bits per heavy atom. The van der Waals surface area contributed by atoms with Gasteiger partial charge in [0.1, 0.15) is 12.4 Å². The second kappa shape index (κ2) is 7.66. The van der Waals surface area contributed by atoms with Crippen LogP contribution in [0.4, 0.5) is 10.1 Å². The highest BCUT2D eigenvalue weighted by atomic mass is 19.1. The number of rotatable bonds is 6. The van der Waals surface area contributed by atoms with E-state index in [4.69, 9.17) is 4.74 Å². The van der Waals surface area contributed by atoms with Crippen LogP contribution in [0.25, 0.3) is 11.1 Å². The van der Waals surface area contributed by atoms with E-state index in [1.165, 1.54) is 12.1 Å². The number of nitrogens with one attached hydrogen (secondary N) is 1. The van der Waals surface area contributed by atoms with Crippen LogP contribution in [0.15, 0.2) is 42.7 Å². The van der Waals surface area contributed by atoms with Gasteiger partial charge in [0.25, 0.3) is 0 Å². The SMILES string of the molecule is CC[C@H](C)OCC(=O)Nc1cnccc1-c1cccc(F)c1. The smallest absolute Gasteiger partial charge is 0.250 e. The topological polar surface area (TPSA) is 51.2 Å². The van der Waals surface area contributed by atoms with Crippen molar-refractivity contribution in [3.05, 3.63) is 48.5 Å². The lowest BCUT2D eigenvalue weighted by Gasteiger charge is -2.13. The third-order valence-electron chi connectivity index (χ3n) is 3.30. The molecule has 1 N–H and O–H groups in total. The number of hydrogen-bond acceptors (Lipinski definition) is 3. The lowest BCUT2D eigenvalue weighted by atomic mass is 10.1. The van der Waals surface area contributed by atoms with Crippen molar-refractivity contribution in [1.29, 1.82) is 0 Å². The molecule has 0 spiro atoms. The van der Waals surface area contributed by atoms with Crippen molar-refractivity contribution in [3.8, 4) is 11.1 Å². The molecule has 1 aromatic heterocycles. The summed E-state index contributed by atoms with van der Waals surface area (Å²) < 4.78 is 18.8.